The van der Waals surface area contributed by atoms with Crippen molar-refractivity contribution < 1.29 is 4.79 Å². The van der Waals surface area contributed by atoms with Gasteiger partial charge in [0, 0.05) is 32.2 Å². The van der Waals surface area contributed by atoms with Crippen molar-refractivity contribution in [1.82, 2.24) is 15.1 Å². The van der Waals surface area contributed by atoms with Crippen molar-refractivity contribution in [3.63, 3.8) is 0 Å². The van der Waals surface area contributed by atoms with Crippen LogP contribution in [-0.4, -0.2) is 55.1 Å². The lowest BCUT2D eigenvalue weighted by Crippen LogP contribution is -2.38. The average Bonchev–Trinajstić information content (AvgIpc) is 2.61. The molecule has 1 saturated heterocycles. The lowest BCUT2D eigenvalue weighted by Gasteiger charge is -2.24. The van der Waals surface area contributed by atoms with Gasteiger partial charge < -0.3 is 15.1 Å². The van der Waals surface area contributed by atoms with Gasteiger partial charge in [-0.3, -0.25) is 0 Å². The molecule has 0 saturated carbocycles. The van der Waals surface area contributed by atoms with Gasteiger partial charge in [0.25, 0.3) is 0 Å². The van der Waals surface area contributed by atoms with E-state index in [0.29, 0.717) is 6.42 Å². The van der Waals surface area contributed by atoms with Gasteiger partial charge in [-0.15, -0.1) is 0 Å². The molecule has 5 nitrogen and oxygen atoms in total. The van der Waals surface area contributed by atoms with E-state index in [2.05, 4.69) is 16.3 Å². The summed E-state index contributed by atoms with van der Waals surface area (Å²) >= 11 is 0. The Morgan fingerprint density at radius 1 is 1.73 bits per heavy atom. The molecule has 0 radical (unpaired) electrons. The molecule has 15 heavy (non-hydrogen) atoms. The number of amides is 2. The van der Waals surface area contributed by atoms with E-state index in [9.17, 15) is 4.79 Å². The van der Waals surface area contributed by atoms with Crippen LogP contribution in [0.5, 0.6) is 0 Å². The zero-order valence-corrected chi connectivity index (χ0v) is 9.36. The number of nitrogens with one attached hydrogen (secondary N) is 1. The highest BCUT2D eigenvalue weighted by atomic mass is 16.2. The number of nitriles is 1. The van der Waals surface area contributed by atoms with Crippen LogP contribution in [0.15, 0.2) is 0 Å². The van der Waals surface area contributed by atoms with Crippen LogP contribution in [0.1, 0.15) is 13.3 Å². The molecule has 84 valence electrons. The summed E-state index contributed by atoms with van der Waals surface area (Å²) in [5.74, 6) is 0. The third-order valence-corrected chi connectivity index (χ3v) is 2.81. The van der Waals surface area contributed by atoms with Gasteiger partial charge in [-0.05, 0) is 14.0 Å². The highest BCUT2D eigenvalue weighted by Crippen LogP contribution is 2.02. The molecule has 0 aromatic carbocycles. The number of nitrogens with zero attached hydrogens (tertiary/aromatic N) is 3. The molecule has 1 aliphatic heterocycles. The molecule has 1 atom stereocenters. The van der Waals surface area contributed by atoms with Gasteiger partial charge in [0.2, 0.25) is 0 Å². The van der Waals surface area contributed by atoms with Crippen molar-refractivity contribution in [3.05, 3.63) is 0 Å². The molecule has 1 aliphatic rings. The summed E-state index contributed by atoms with van der Waals surface area (Å²) in [6.07, 6.45) is 0.530. The highest BCUT2D eigenvalue weighted by Gasteiger charge is 2.19. The van der Waals surface area contributed by atoms with Gasteiger partial charge in [0.1, 0.15) is 0 Å². The summed E-state index contributed by atoms with van der Waals surface area (Å²) in [5.41, 5.74) is 0. The standard InChI is InChI=1S/C10H18N4O/c1-9(3-4-11)13(2)7-8-14-6-5-12-10(14)15/h9H,3,5-8H2,1-2H3,(H,12,15). The van der Waals surface area contributed by atoms with Crippen molar-refractivity contribution >= 4 is 6.03 Å². The summed E-state index contributed by atoms with van der Waals surface area (Å²) in [4.78, 5) is 15.1. The van der Waals surface area contributed by atoms with Crippen LogP contribution >= 0.6 is 0 Å². The molecule has 1 N–H and O–H groups in total. The number of hydrogen-bond acceptors (Lipinski definition) is 3. The van der Waals surface area contributed by atoms with E-state index in [0.717, 1.165) is 26.2 Å². The molecule has 2 amide bonds. The van der Waals surface area contributed by atoms with Crippen LogP contribution in [-0.2, 0) is 0 Å². The molecule has 5 heteroatoms. The van der Waals surface area contributed by atoms with Crippen LogP contribution in [0.3, 0.4) is 0 Å². The first-order valence-corrected chi connectivity index (χ1v) is 5.25. The molecular weight excluding hydrogens is 192 g/mol. The van der Waals surface area contributed by atoms with Crippen LogP contribution in [0.25, 0.3) is 0 Å². The number of likely N-dealkylation sites (N-methyl/N-ethyl adjacent to an activating group) is 1. The number of carbonyl (C=O) groups excluding carboxylic acids is 1. The van der Waals surface area contributed by atoms with Crippen LogP contribution in [0.4, 0.5) is 4.79 Å². The van der Waals surface area contributed by atoms with Gasteiger partial charge in [0.15, 0.2) is 0 Å². The normalized spacial score (nSPS) is 17.7. The third kappa shape index (κ3) is 3.40. The van der Waals surface area contributed by atoms with Gasteiger partial charge in [-0.25, -0.2) is 4.79 Å². The molecule has 0 bridgehead atoms. The monoisotopic (exact) mass is 210 g/mol. The second-order valence-corrected chi connectivity index (χ2v) is 3.91. The van der Waals surface area contributed by atoms with E-state index in [1.807, 2.05) is 14.0 Å². The van der Waals surface area contributed by atoms with Crippen molar-refractivity contribution in [3.8, 4) is 6.07 Å². The summed E-state index contributed by atoms with van der Waals surface area (Å²) in [6.45, 7) is 5.11. The van der Waals surface area contributed by atoms with Crippen molar-refractivity contribution in [2.75, 3.05) is 33.2 Å². The second kappa shape index (κ2) is 5.56. The SMILES string of the molecule is CC(CC#N)N(C)CCN1CCNC1=O. The van der Waals surface area contributed by atoms with E-state index >= 15 is 0 Å². The van der Waals surface area contributed by atoms with Crippen molar-refractivity contribution in [1.29, 1.82) is 5.26 Å². The number of carbonyl (C=O) groups is 1. The quantitative estimate of drug-likeness (QED) is 0.707. The molecule has 0 aromatic heterocycles. The summed E-state index contributed by atoms with van der Waals surface area (Å²) in [5, 5.41) is 11.3. The first-order chi connectivity index (χ1) is 7.15. The Balaban J connectivity index is 2.24. The third-order valence-electron chi connectivity index (χ3n) is 2.81. The molecule has 0 aromatic rings. The summed E-state index contributed by atoms with van der Waals surface area (Å²) in [6, 6.07) is 2.43. The Kier molecular flexibility index (Phi) is 4.37. The number of hydrogen-bond donors (Lipinski definition) is 1. The fourth-order valence-electron chi connectivity index (χ4n) is 1.51. The Morgan fingerprint density at radius 2 is 2.47 bits per heavy atom. The smallest absolute Gasteiger partial charge is 0.317 e. The number of urea groups is 1. The first-order valence-electron chi connectivity index (χ1n) is 5.25. The predicted molar refractivity (Wildman–Crippen MR) is 57.3 cm³/mol. The Bertz CT molecular complexity index is 261. The highest BCUT2D eigenvalue weighted by molar-refractivity contribution is 5.76. The number of rotatable bonds is 5. The largest absolute Gasteiger partial charge is 0.336 e. The van der Waals surface area contributed by atoms with E-state index in [4.69, 9.17) is 5.26 Å². The minimum atomic E-state index is 0.0244. The molecule has 1 heterocycles. The van der Waals surface area contributed by atoms with E-state index in [-0.39, 0.29) is 12.1 Å². The minimum Gasteiger partial charge on any atom is -0.336 e. The lowest BCUT2D eigenvalue weighted by molar-refractivity contribution is 0.197. The lowest BCUT2D eigenvalue weighted by atomic mass is 10.2. The zero-order valence-electron chi connectivity index (χ0n) is 9.36. The first kappa shape index (κ1) is 11.8. The summed E-state index contributed by atoms with van der Waals surface area (Å²) in [7, 11) is 1.98. The van der Waals surface area contributed by atoms with Crippen molar-refractivity contribution in [2.24, 2.45) is 0 Å². The molecule has 1 fully saturated rings. The van der Waals surface area contributed by atoms with E-state index < -0.39 is 0 Å². The molecular formula is C10H18N4O. The topological polar surface area (TPSA) is 59.4 Å². The van der Waals surface area contributed by atoms with E-state index in [1.165, 1.54) is 0 Å². The van der Waals surface area contributed by atoms with E-state index in [1.54, 1.807) is 4.90 Å². The Hall–Kier alpha value is -1.28. The fraction of sp³-hybridized carbons (Fsp3) is 0.800. The Morgan fingerprint density at radius 3 is 3.00 bits per heavy atom. The van der Waals surface area contributed by atoms with Gasteiger partial charge >= 0.3 is 6.03 Å². The maximum absolute atomic E-state index is 11.2. The summed E-state index contributed by atoms with van der Waals surface area (Å²) < 4.78 is 0. The van der Waals surface area contributed by atoms with Gasteiger partial charge in [-0.2, -0.15) is 5.26 Å². The molecule has 0 aliphatic carbocycles. The van der Waals surface area contributed by atoms with Crippen molar-refractivity contribution in [2.45, 2.75) is 19.4 Å². The predicted octanol–water partition coefficient (Wildman–Crippen LogP) is 0.246. The minimum absolute atomic E-state index is 0.0244. The fourth-order valence-corrected chi connectivity index (χ4v) is 1.51. The molecule has 1 rings (SSSR count). The zero-order chi connectivity index (χ0) is 11.3. The Labute approximate surface area is 90.6 Å². The molecule has 0 spiro atoms. The maximum Gasteiger partial charge on any atom is 0.317 e. The van der Waals surface area contributed by atoms with Crippen LogP contribution < -0.4 is 5.32 Å². The maximum atomic E-state index is 11.2. The second-order valence-electron chi connectivity index (χ2n) is 3.91. The van der Waals surface area contributed by atoms with Gasteiger partial charge in [0.05, 0.1) is 12.5 Å². The van der Waals surface area contributed by atoms with Crippen LogP contribution in [0.2, 0.25) is 0 Å². The molecule has 1 unspecified atom stereocenters. The average molecular weight is 210 g/mol. The van der Waals surface area contributed by atoms with Crippen LogP contribution in [0, 0.1) is 11.3 Å². The van der Waals surface area contributed by atoms with Gasteiger partial charge in [-0.1, -0.05) is 0 Å².